The van der Waals surface area contributed by atoms with Gasteiger partial charge in [-0.2, -0.15) is 0 Å². The third-order valence-electron chi connectivity index (χ3n) is 3.72. The molecule has 1 aliphatic rings. The Labute approximate surface area is 126 Å². The molecule has 0 spiro atoms. The fourth-order valence-corrected chi connectivity index (χ4v) is 3.54. The Balaban J connectivity index is 1.93. The molecule has 21 heavy (non-hydrogen) atoms. The van der Waals surface area contributed by atoms with Gasteiger partial charge in [-0.1, -0.05) is 24.3 Å². The van der Waals surface area contributed by atoms with Gasteiger partial charge >= 0.3 is 5.97 Å². The zero-order valence-electron chi connectivity index (χ0n) is 11.6. The molecular formula is C16H15NO3S. The number of amides is 1. The number of nitrogens with zero attached hydrogens (tertiary/aromatic N) is 1. The Morgan fingerprint density at radius 2 is 2.10 bits per heavy atom. The summed E-state index contributed by atoms with van der Waals surface area (Å²) in [7, 11) is 0. The fraction of sp³-hybridized carbons (Fsp3) is 0.250. The van der Waals surface area contributed by atoms with E-state index in [2.05, 4.69) is 0 Å². The number of carboxylic acids is 1. The van der Waals surface area contributed by atoms with Crippen LogP contribution in [0.3, 0.4) is 0 Å². The van der Waals surface area contributed by atoms with Gasteiger partial charge in [0.2, 0.25) is 0 Å². The van der Waals surface area contributed by atoms with Crippen LogP contribution in [0.5, 0.6) is 0 Å². The van der Waals surface area contributed by atoms with E-state index < -0.39 is 11.9 Å². The SMILES string of the molecule is Cc1csc(C(=O)N2Cc3ccccc3C(C(=O)O)C2)c1. The number of carboxylic acid groups (broad SMARTS) is 1. The molecule has 0 radical (unpaired) electrons. The minimum atomic E-state index is -0.887. The minimum absolute atomic E-state index is 0.0890. The third kappa shape index (κ3) is 2.56. The van der Waals surface area contributed by atoms with E-state index in [0.717, 1.165) is 16.7 Å². The van der Waals surface area contributed by atoms with Gasteiger partial charge in [-0.25, -0.2) is 0 Å². The van der Waals surface area contributed by atoms with Crippen molar-refractivity contribution in [3.8, 4) is 0 Å². The first-order valence-electron chi connectivity index (χ1n) is 6.71. The molecule has 1 aromatic heterocycles. The first kappa shape index (κ1) is 13.8. The van der Waals surface area contributed by atoms with Crippen LogP contribution in [-0.2, 0) is 11.3 Å². The predicted octanol–water partition coefficient (Wildman–Crippen LogP) is 2.88. The van der Waals surface area contributed by atoms with Crippen LogP contribution in [0, 0.1) is 6.92 Å². The van der Waals surface area contributed by atoms with Crippen molar-refractivity contribution < 1.29 is 14.7 Å². The lowest BCUT2D eigenvalue weighted by molar-refractivity contribution is -0.139. The highest BCUT2D eigenvalue weighted by Gasteiger charge is 2.32. The summed E-state index contributed by atoms with van der Waals surface area (Å²) in [6, 6.07) is 9.30. The van der Waals surface area contributed by atoms with Crippen molar-refractivity contribution in [1.82, 2.24) is 4.90 Å². The molecule has 0 aliphatic carbocycles. The van der Waals surface area contributed by atoms with E-state index in [4.69, 9.17) is 0 Å². The summed E-state index contributed by atoms with van der Waals surface area (Å²) < 4.78 is 0. The second-order valence-electron chi connectivity index (χ2n) is 5.26. The van der Waals surface area contributed by atoms with Crippen LogP contribution in [0.1, 0.15) is 32.3 Å². The number of thiophene rings is 1. The van der Waals surface area contributed by atoms with E-state index in [9.17, 15) is 14.7 Å². The number of aryl methyl sites for hydroxylation is 1. The van der Waals surface area contributed by atoms with E-state index in [0.29, 0.717) is 11.4 Å². The molecule has 2 aromatic rings. The smallest absolute Gasteiger partial charge is 0.312 e. The molecule has 1 unspecified atom stereocenters. The number of benzene rings is 1. The average molecular weight is 301 g/mol. The van der Waals surface area contributed by atoms with Gasteiger partial charge in [-0.3, -0.25) is 9.59 Å². The van der Waals surface area contributed by atoms with E-state index in [1.807, 2.05) is 42.6 Å². The van der Waals surface area contributed by atoms with Crippen molar-refractivity contribution >= 4 is 23.2 Å². The molecule has 1 atom stereocenters. The van der Waals surface area contributed by atoms with Crippen LogP contribution in [0.4, 0.5) is 0 Å². The van der Waals surface area contributed by atoms with Crippen molar-refractivity contribution in [3.05, 3.63) is 57.3 Å². The molecule has 0 bridgehead atoms. The maximum Gasteiger partial charge on any atom is 0.312 e. The maximum atomic E-state index is 12.5. The summed E-state index contributed by atoms with van der Waals surface area (Å²) in [4.78, 5) is 26.3. The normalized spacial score (nSPS) is 17.4. The number of fused-ring (bicyclic) bond motifs is 1. The van der Waals surface area contributed by atoms with Crippen molar-refractivity contribution in [2.24, 2.45) is 0 Å². The summed E-state index contributed by atoms with van der Waals surface area (Å²) in [6.07, 6.45) is 0. The zero-order valence-corrected chi connectivity index (χ0v) is 12.4. The highest BCUT2D eigenvalue weighted by Crippen LogP contribution is 2.30. The highest BCUT2D eigenvalue weighted by atomic mass is 32.1. The van der Waals surface area contributed by atoms with Gasteiger partial charge < -0.3 is 10.0 Å². The standard InChI is InChI=1S/C16H15NO3S/c1-10-6-14(21-9-10)15(18)17-7-11-4-2-3-5-12(11)13(8-17)16(19)20/h2-6,9,13H,7-8H2,1H3,(H,19,20). The molecular weight excluding hydrogens is 286 g/mol. The predicted molar refractivity (Wildman–Crippen MR) is 80.6 cm³/mol. The molecule has 108 valence electrons. The monoisotopic (exact) mass is 301 g/mol. The number of hydrogen-bond donors (Lipinski definition) is 1. The minimum Gasteiger partial charge on any atom is -0.481 e. The largest absolute Gasteiger partial charge is 0.481 e. The van der Waals surface area contributed by atoms with Crippen LogP contribution in [-0.4, -0.2) is 28.4 Å². The molecule has 3 rings (SSSR count). The Hall–Kier alpha value is -2.14. The first-order chi connectivity index (χ1) is 10.1. The summed E-state index contributed by atoms with van der Waals surface area (Å²) in [5, 5.41) is 11.4. The number of aliphatic carboxylic acids is 1. The van der Waals surface area contributed by atoms with Crippen LogP contribution < -0.4 is 0 Å². The van der Waals surface area contributed by atoms with E-state index in [1.165, 1.54) is 11.3 Å². The van der Waals surface area contributed by atoms with Gasteiger partial charge in [-0.15, -0.1) is 11.3 Å². The van der Waals surface area contributed by atoms with Crippen LogP contribution in [0.15, 0.2) is 35.7 Å². The lowest BCUT2D eigenvalue weighted by Crippen LogP contribution is -2.40. The second-order valence-corrected chi connectivity index (χ2v) is 6.17. The summed E-state index contributed by atoms with van der Waals surface area (Å²) >= 11 is 1.40. The van der Waals surface area contributed by atoms with Gasteiger partial charge in [-0.05, 0) is 35.1 Å². The number of carbonyl (C=O) groups excluding carboxylic acids is 1. The van der Waals surface area contributed by atoms with Gasteiger partial charge in [0, 0.05) is 13.1 Å². The first-order valence-corrected chi connectivity index (χ1v) is 7.59. The molecule has 4 nitrogen and oxygen atoms in total. The average Bonchev–Trinajstić information content (AvgIpc) is 2.91. The molecule has 5 heteroatoms. The van der Waals surface area contributed by atoms with Crippen LogP contribution in [0.2, 0.25) is 0 Å². The van der Waals surface area contributed by atoms with Gasteiger partial charge in [0.1, 0.15) is 0 Å². The highest BCUT2D eigenvalue weighted by molar-refractivity contribution is 7.12. The molecule has 0 saturated carbocycles. The van der Waals surface area contributed by atoms with E-state index >= 15 is 0 Å². The van der Waals surface area contributed by atoms with Crippen molar-refractivity contribution in [2.45, 2.75) is 19.4 Å². The number of carbonyl (C=O) groups is 2. The Morgan fingerprint density at radius 1 is 1.33 bits per heavy atom. The zero-order chi connectivity index (χ0) is 15.0. The van der Waals surface area contributed by atoms with E-state index in [1.54, 1.807) is 4.90 Å². The number of rotatable bonds is 2. The third-order valence-corrected chi connectivity index (χ3v) is 4.76. The van der Waals surface area contributed by atoms with Crippen molar-refractivity contribution in [3.63, 3.8) is 0 Å². The van der Waals surface area contributed by atoms with Gasteiger partial charge in [0.15, 0.2) is 0 Å². The molecule has 1 aromatic carbocycles. The molecule has 1 amide bonds. The second kappa shape index (κ2) is 5.33. The lowest BCUT2D eigenvalue weighted by atomic mass is 9.90. The molecule has 0 fully saturated rings. The van der Waals surface area contributed by atoms with Crippen LogP contribution in [0.25, 0.3) is 0 Å². The Kier molecular flexibility index (Phi) is 3.51. The van der Waals surface area contributed by atoms with E-state index in [-0.39, 0.29) is 12.5 Å². The molecule has 0 saturated heterocycles. The molecule has 2 heterocycles. The Bertz CT molecular complexity index is 707. The summed E-state index contributed by atoms with van der Waals surface area (Å²) in [5.74, 6) is -1.63. The number of hydrogen-bond acceptors (Lipinski definition) is 3. The summed E-state index contributed by atoms with van der Waals surface area (Å²) in [6.45, 7) is 2.64. The fourth-order valence-electron chi connectivity index (χ4n) is 2.67. The van der Waals surface area contributed by atoms with Crippen molar-refractivity contribution in [1.29, 1.82) is 0 Å². The van der Waals surface area contributed by atoms with Crippen molar-refractivity contribution in [2.75, 3.05) is 6.54 Å². The molecule has 1 N–H and O–H groups in total. The van der Waals surface area contributed by atoms with Crippen LogP contribution >= 0.6 is 11.3 Å². The Morgan fingerprint density at radius 3 is 2.76 bits per heavy atom. The molecule has 1 aliphatic heterocycles. The topological polar surface area (TPSA) is 57.6 Å². The van der Waals surface area contributed by atoms with Gasteiger partial charge in [0.05, 0.1) is 10.8 Å². The summed E-state index contributed by atoms with van der Waals surface area (Å²) in [5.41, 5.74) is 2.78. The van der Waals surface area contributed by atoms with Gasteiger partial charge in [0.25, 0.3) is 5.91 Å². The lowest BCUT2D eigenvalue weighted by Gasteiger charge is -2.32. The quantitative estimate of drug-likeness (QED) is 0.928. The maximum absolute atomic E-state index is 12.5.